The summed E-state index contributed by atoms with van der Waals surface area (Å²) >= 11 is 5.79. The number of nitrogens with one attached hydrogen (secondary N) is 1. The van der Waals surface area contributed by atoms with E-state index in [2.05, 4.69) is 5.32 Å². The van der Waals surface area contributed by atoms with Gasteiger partial charge in [-0.15, -0.1) is 0 Å². The molecule has 0 spiro atoms. The Morgan fingerprint density at radius 2 is 2.38 bits per heavy atom. The Bertz CT molecular complexity index is 366. The maximum Gasteiger partial charge on any atom is 0.146 e. The van der Waals surface area contributed by atoms with E-state index >= 15 is 0 Å². The smallest absolute Gasteiger partial charge is 0.146 e. The van der Waals surface area contributed by atoms with Gasteiger partial charge < -0.3 is 10.1 Å². The highest BCUT2D eigenvalue weighted by molar-refractivity contribution is 6.30. The van der Waals surface area contributed by atoms with Crippen molar-refractivity contribution in [2.45, 2.75) is 12.5 Å². The third-order valence-corrected chi connectivity index (χ3v) is 3.36. The molecule has 2 unspecified atom stereocenters. The zero-order valence-electron chi connectivity index (χ0n) is 9.17. The Balaban J connectivity index is 2.28. The van der Waals surface area contributed by atoms with Crippen molar-refractivity contribution in [1.29, 1.82) is 0 Å². The molecule has 4 heteroatoms. The van der Waals surface area contributed by atoms with Crippen LogP contribution in [0.5, 0.6) is 0 Å². The van der Waals surface area contributed by atoms with Crippen molar-refractivity contribution in [2.24, 2.45) is 5.92 Å². The fourth-order valence-electron chi connectivity index (χ4n) is 2.22. The number of halogens is 2. The molecule has 2 rings (SSSR count). The molecule has 0 aliphatic carbocycles. The maximum atomic E-state index is 13.9. The second kappa shape index (κ2) is 5.13. The molecular weight excluding hydrogens is 229 g/mol. The molecule has 2 nitrogen and oxygen atoms in total. The SMILES string of the molecule is CNC(c1cccc(Cl)c1F)C1CCOC1. The van der Waals surface area contributed by atoms with Crippen LogP contribution in [0.1, 0.15) is 18.0 Å². The van der Waals surface area contributed by atoms with Crippen molar-refractivity contribution in [3.05, 3.63) is 34.6 Å². The highest BCUT2D eigenvalue weighted by atomic mass is 35.5. The molecule has 1 aromatic carbocycles. The Morgan fingerprint density at radius 1 is 1.56 bits per heavy atom. The summed E-state index contributed by atoms with van der Waals surface area (Å²) in [7, 11) is 1.84. The number of rotatable bonds is 3. The average molecular weight is 244 g/mol. The molecule has 2 atom stereocenters. The van der Waals surface area contributed by atoms with Gasteiger partial charge in [0, 0.05) is 24.1 Å². The largest absolute Gasteiger partial charge is 0.381 e. The van der Waals surface area contributed by atoms with Crippen molar-refractivity contribution >= 4 is 11.6 Å². The topological polar surface area (TPSA) is 21.3 Å². The zero-order valence-corrected chi connectivity index (χ0v) is 9.93. The van der Waals surface area contributed by atoms with Crippen LogP contribution in [0.4, 0.5) is 4.39 Å². The van der Waals surface area contributed by atoms with Crippen molar-refractivity contribution in [1.82, 2.24) is 5.32 Å². The van der Waals surface area contributed by atoms with Gasteiger partial charge >= 0.3 is 0 Å². The molecule has 0 saturated carbocycles. The molecule has 1 N–H and O–H groups in total. The van der Waals surface area contributed by atoms with Crippen LogP contribution in [0.25, 0.3) is 0 Å². The maximum absolute atomic E-state index is 13.9. The van der Waals surface area contributed by atoms with Gasteiger partial charge in [-0.1, -0.05) is 23.7 Å². The van der Waals surface area contributed by atoms with Gasteiger partial charge in [0.1, 0.15) is 5.82 Å². The van der Waals surface area contributed by atoms with Gasteiger partial charge in [0.25, 0.3) is 0 Å². The lowest BCUT2D eigenvalue weighted by atomic mass is 9.92. The quantitative estimate of drug-likeness (QED) is 0.882. The first-order chi connectivity index (χ1) is 7.74. The van der Waals surface area contributed by atoms with E-state index in [1.165, 1.54) is 0 Å². The first-order valence-electron chi connectivity index (χ1n) is 5.43. The van der Waals surface area contributed by atoms with E-state index in [9.17, 15) is 4.39 Å². The molecule has 0 radical (unpaired) electrons. The van der Waals surface area contributed by atoms with E-state index in [0.717, 1.165) is 13.0 Å². The number of ether oxygens (including phenoxy) is 1. The summed E-state index contributed by atoms with van der Waals surface area (Å²) < 4.78 is 19.2. The van der Waals surface area contributed by atoms with Crippen LogP contribution in [0.2, 0.25) is 5.02 Å². The minimum atomic E-state index is -0.324. The van der Waals surface area contributed by atoms with Gasteiger partial charge in [-0.25, -0.2) is 4.39 Å². The van der Waals surface area contributed by atoms with Gasteiger partial charge in [-0.05, 0) is 19.5 Å². The highest BCUT2D eigenvalue weighted by Gasteiger charge is 2.28. The third-order valence-electron chi connectivity index (χ3n) is 3.06. The standard InChI is InChI=1S/C12H15ClFNO/c1-15-12(8-5-6-16-7-8)9-3-2-4-10(13)11(9)14/h2-4,8,12,15H,5-7H2,1H3. The van der Waals surface area contributed by atoms with E-state index in [1.54, 1.807) is 18.2 Å². The molecule has 0 amide bonds. The van der Waals surface area contributed by atoms with Crippen LogP contribution in [0, 0.1) is 11.7 Å². The van der Waals surface area contributed by atoms with Gasteiger partial charge in [-0.2, -0.15) is 0 Å². The fraction of sp³-hybridized carbons (Fsp3) is 0.500. The predicted molar refractivity (Wildman–Crippen MR) is 62.1 cm³/mol. The molecule has 1 fully saturated rings. The minimum Gasteiger partial charge on any atom is -0.381 e. The van der Waals surface area contributed by atoms with Crippen LogP contribution in [0.3, 0.4) is 0 Å². The average Bonchev–Trinajstić information content (AvgIpc) is 2.79. The summed E-state index contributed by atoms with van der Waals surface area (Å²) in [6, 6.07) is 5.10. The normalized spacial score (nSPS) is 22.3. The molecule has 1 aliphatic rings. The van der Waals surface area contributed by atoms with Gasteiger partial charge in [0.15, 0.2) is 0 Å². The lowest BCUT2D eigenvalue weighted by Gasteiger charge is -2.23. The molecule has 1 heterocycles. The van der Waals surface area contributed by atoms with Gasteiger partial charge in [0.05, 0.1) is 11.6 Å². The van der Waals surface area contributed by atoms with E-state index in [-0.39, 0.29) is 16.9 Å². The van der Waals surface area contributed by atoms with Crippen LogP contribution >= 0.6 is 11.6 Å². The van der Waals surface area contributed by atoms with Crippen molar-refractivity contribution in [3.63, 3.8) is 0 Å². The van der Waals surface area contributed by atoms with Gasteiger partial charge in [-0.3, -0.25) is 0 Å². The third kappa shape index (κ3) is 2.21. The van der Waals surface area contributed by atoms with E-state index < -0.39 is 0 Å². The van der Waals surface area contributed by atoms with Crippen molar-refractivity contribution < 1.29 is 9.13 Å². The number of hydrogen-bond donors (Lipinski definition) is 1. The summed E-state index contributed by atoms with van der Waals surface area (Å²) in [4.78, 5) is 0. The highest BCUT2D eigenvalue weighted by Crippen LogP contribution is 2.32. The lowest BCUT2D eigenvalue weighted by molar-refractivity contribution is 0.177. The van der Waals surface area contributed by atoms with E-state index in [1.807, 2.05) is 7.05 Å². The first kappa shape index (κ1) is 11.8. The predicted octanol–water partition coefficient (Wildman–Crippen LogP) is 2.78. The first-order valence-corrected chi connectivity index (χ1v) is 5.80. The van der Waals surface area contributed by atoms with Crippen molar-refractivity contribution in [3.8, 4) is 0 Å². The minimum absolute atomic E-state index is 0.0267. The molecule has 0 bridgehead atoms. The molecule has 1 aliphatic heterocycles. The number of hydrogen-bond acceptors (Lipinski definition) is 2. The molecule has 0 aromatic heterocycles. The van der Waals surface area contributed by atoms with Crippen LogP contribution in [0.15, 0.2) is 18.2 Å². The van der Waals surface area contributed by atoms with E-state index in [0.29, 0.717) is 18.1 Å². The van der Waals surface area contributed by atoms with Gasteiger partial charge in [0.2, 0.25) is 0 Å². The monoisotopic (exact) mass is 243 g/mol. The Kier molecular flexibility index (Phi) is 3.79. The summed E-state index contributed by atoms with van der Waals surface area (Å²) in [5.74, 6) is -0.00613. The second-order valence-electron chi connectivity index (χ2n) is 4.03. The van der Waals surface area contributed by atoms with Crippen LogP contribution in [-0.4, -0.2) is 20.3 Å². The van der Waals surface area contributed by atoms with Crippen molar-refractivity contribution in [2.75, 3.05) is 20.3 Å². The Hall–Kier alpha value is -0.640. The lowest BCUT2D eigenvalue weighted by Crippen LogP contribution is -2.26. The second-order valence-corrected chi connectivity index (χ2v) is 4.44. The zero-order chi connectivity index (χ0) is 11.5. The fourth-order valence-corrected chi connectivity index (χ4v) is 2.40. The summed E-state index contributed by atoms with van der Waals surface area (Å²) in [6.07, 6.45) is 0.956. The van der Waals surface area contributed by atoms with E-state index in [4.69, 9.17) is 16.3 Å². The molecule has 16 heavy (non-hydrogen) atoms. The molecule has 1 aromatic rings. The number of benzene rings is 1. The molecule has 1 saturated heterocycles. The summed E-state index contributed by atoms with van der Waals surface area (Å²) in [5.41, 5.74) is 0.630. The summed E-state index contributed by atoms with van der Waals surface area (Å²) in [5, 5.41) is 3.33. The Morgan fingerprint density at radius 3 is 3.00 bits per heavy atom. The van der Waals surface area contributed by atoms with Crippen LogP contribution < -0.4 is 5.32 Å². The molecular formula is C12H15ClFNO. The molecule has 88 valence electrons. The van der Waals surface area contributed by atoms with Crippen LogP contribution in [-0.2, 0) is 4.74 Å². The Labute approximate surface area is 99.7 Å². The summed E-state index contributed by atoms with van der Waals surface area (Å²) in [6.45, 7) is 1.43.